The molecule has 0 aliphatic rings. The minimum Gasteiger partial charge on any atom is -0.476 e. The van der Waals surface area contributed by atoms with Crippen molar-refractivity contribution in [1.82, 2.24) is 30.4 Å². The zero-order chi connectivity index (χ0) is 20.2. The third-order valence-corrected chi connectivity index (χ3v) is 4.31. The Morgan fingerprint density at radius 2 is 1.93 bits per heavy atom. The van der Waals surface area contributed by atoms with Crippen molar-refractivity contribution in [3.05, 3.63) is 54.2 Å². The van der Waals surface area contributed by atoms with Crippen LogP contribution in [0.5, 0.6) is 0 Å². The van der Waals surface area contributed by atoms with Gasteiger partial charge in [-0.1, -0.05) is 36.4 Å². The van der Waals surface area contributed by atoms with E-state index in [0.29, 0.717) is 35.4 Å². The molecule has 2 heterocycles. The van der Waals surface area contributed by atoms with E-state index in [4.69, 9.17) is 0 Å². The number of aromatic nitrogens is 6. The van der Waals surface area contributed by atoms with Crippen molar-refractivity contribution in [3.63, 3.8) is 0 Å². The van der Waals surface area contributed by atoms with E-state index >= 15 is 0 Å². The number of benzene rings is 2. The smallest absolute Gasteiger partial charge is 0.357 e. The first-order chi connectivity index (χ1) is 14.1. The van der Waals surface area contributed by atoms with E-state index in [0.717, 1.165) is 5.56 Å². The lowest BCUT2D eigenvalue weighted by Gasteiger charge is -2.07. The number of H-pyrrole nitrogens is 1. The average Bonchev–Trinajstić information content (AvgIpc) is 3.36. The quantitative estimate of drug-likeness (QED) is 0.439. The van der Waals surface area contributed by atoms with Crippen LogP contribution in [0.1, 0.15) is 23.3 Å². The zero-order valence-electron chi connectivity index (χ0n) is 15.2. The summed E-state index contributed by atoms with van der Waals surface area (Å²) in [4.78, 5) is 25.1. The highest BCUT2D eigenvalue weighted by molar-refractivity contribution is 6.09. The molecule has 0 fully saturated rings. The number of carboxylic acids is 1. The fourth-order valence-corrected chi connectivity index (χ4v) is 2.97. The molecule has 0 saturated carbocycles. The third kappa shape index (κ3) is 3.95. The van der Waals surface area contributed by atoms with Crippen molar-refractivity contribution >= 4 is 28.5 Å². The van der Waals surface area contributed by atoms with Gasteiger partial charge in [0.2, 0.25) is 11.7 Å². The van der Waals surface area contributed by atoms with Gasteiger partial charge in [0.1, 0.15) is 0 Å². The Morgan fingerprint density at radius 3 is 2.72 bits per heavy atom. The van der Waals surface area contributed by atoms with Crippen LogP contribution in [0.25, 0.3) is 22.3 Å². The second-order valence-corrected chi connectivity index (χ2v) is 6.33. The number of aromatic amines is 1. The number of tetrazole rings is 1. The number of hydrogen-bond donors (Lipinski definition) is 3. The van der Waals surface area contributed by atoms with Crippen LogP contribution in [0.15, 0.2) is 48.5 Å². The molecule has 10 heteroatoms. The second-order valence-electron chi connectivity index (χ2n) is 6.33. The number of nitrogens with zero attached hydrogens (tertiary/aromatic N) is 5. The molecular weight excluding hydrogens is 374 g/mol. The number of carbonyl (C=O) groups excluding carboxylic acids is 1. The fraction of sp³-hybridized carbons (Fsp3) is 0.158. The van der Waals surface area contributed by atoms with Gasteiger partial charge in [0.15, 0.2) is 5.69 Å². The van der Waals surface area contributed by atoms with Crippen molar-refractivity contribution in [2.24, 2.45) is 0 Å². The Balaban J connectivity index is 1.37. The highest BCUT2D eigenvalue weighted by Crippen LogP contribution is 2.25. The van der Waals surface area contributed by atoms with Crippen LogP contribution in [-0.2, 0) is 11.3 Å². The number of aryl methyl sites for hydroxylation is 1. The lowest BCUT2D eigenvalue weighted by Crippen LogP contribution is -2.14. The van der Waals surface area contributed by atoms with E-state index in [1.54, 1.807) is 18.2 Å². The highest BCUT2D eigenvalue weighted by atomic mass is 16.4. The van der Waals surface area contributed by atoms with E-state index in [2.05, 4.69) is 30.9 Å². The summed E-state index contributed by atoms with van der Waals surface area (Å²) in [6, 6.07) is 14.6. The number of carbonyl (C=O) groups is 2. The molecule has 0 saturated heterocycles. The third-order valence-electron chi connectivity index (χ3n) is 4.31. The van der Waals surface area contributed by atoms with Gasteiger partial charge in [-0.25, -0.2) is 4.79 Å². The second kappa shape index (κ2) is 7.89. The maximum absolute atomic E-state index is 12.3. The predicted molar refractivity (Wildman–Crippen MR) is 104 cm³/mol. The maximum atomic E-state index is 12.3. The Bertz CT molecular complexity index is 1170. The van der Waals surface area contributed by atoms with Crippen molar-refractivity contribution in [2.75, 3.05) is 5.32 Å². The first-order valence-electron chi connectivity index (χ1n) is 8.95. The first kappa shape index (κ1) is 18.3. The Hall–Kier alpha value is -4.08. The maximum Gasteiger partial charge on any atom is 0.357 e. The van der Waals surface area contributed by atoms with Crippen LogP contribution in [0, 0.1) is 0 Å². The normalized spacial score (nSPS) is 10.9. The molecule has 2 aromatic heterocycles. The summed E-state index contributed by atoms with van der Waals surface area (Å²) in [5.41, 5.74) is 1.69. The summed E-state index contributed by atoms with van der Waals surface area (Å²) < 4.78 is 0. The van der Waals surface area contributed by atoms with Gasteiger partial charge in [0, 0.05) is 12.0 Å². The van der Waals surface area contributed by atoms with Crippen molar-refractivity contribution in [2.45, 2.75) is 19.4 Å². The standard InChI is InChI=1S/C19H17N7O3/c27-15(20-13-8-4-9-14-16(13)17(19(28)29)22-21-14)10-5-11-26-24-18(23-25-26)12-6-2-1-3-7-12/h1-4,6-9H,5,10-11H2,(H,20,27)(H,21,22)(H,28,29). The summed E-state index contributed by atoms with van der Waals surface area (Å²) in [6.45, 7) is 0.434. The lowest BCUT2D eigenvalue weighted by molar-refractivity contribution is -0.116. The molecule has 0 atom stereocenters. The summed E-state index contributed by atoms with van der Waals surface area (Å²) in [5.74, 6) is -0.870. The Morgan fingerprint density at radius 1 is 1.10 bits per heavy atom. The minimum atomic E-state index is -1.16. The Kier molecular flexibility index (Phi) is 4.97. The van der Waals surface area contributed by atoms with Crippen LogP contribution in [0.3, 0.4) is 0 Å². The molecule has 0 bridgehead atoms. The summed E-state index contributed by atoms with van der Waals surface area (Å²) >= 11 is 0. The van der Waals surface area contributed by atoms with Gasteiger partial charge >= 0.3 is 5.97 Å². The van der Waals surface area contributed by atoms with E-state index < -0.39 is 5.97 Å². The lowest BCUT2D eigenvalue weighted by atomic mass is 10.1. The summed E-state index contributed by atoms with van der Waals surface area (Å²) in [7, 11) is 0. The van der Waals surface area contributed by atoms with Gasteiger partial charge in [0.25, 0.3) is 0 Å². The number of fused-ring (bicyclic) bond motifs is 1. The van der Waals surface area contributed by atoms with Gasteiger partial charge in [-0.05, 0) is 23.8 Å². The number of nitrogens with one attached hydrogen (secondary N) is 2. The van der Waals surface area contributed by atoms with Crippen LogP contribution < -0.4 is 5.32 Å². The van der Waals surface area contributed by atoms with Gasteiger partial charge in [-0.3, -0.25) is 9.89 Å². The number of rotatable bonds is 7. The van der Waals surface area contributed by atoms with Gasteiger partial charge in [-0.15, -0.1) is 10.2 Å². The molecule has 3 N–H and O–H groups in total. The van der Waals surface area contributed by atoms with Crippen LogP contribution >= 0.6 is 0 Å². The Labute approximate surface area is 164 Å². The number of aromatic carboxylic acids is 1. The average molecular weight is 391 g/mol. The highest BCUT2D eigenvalue weighted by Gasteiger charge is 2.17. The molecule has 146 valence electrons. The van der Waals surface area contributed by atoms with Gasteiger partial charge < -0.3 is 10.4 Å². The minimum absolute atomic E-state index is 0.129. The van der Waals surface area contributed by atoms with Crippen LogP contribution in [0.4, 0.5) is 5.69 Å². The summed E-state index contributed by atoms with van der Waals surface area (Å²) in [5, 5.41) is 31.2. The molecule has 0 unspecified atom stereocenters. The molecule has 10 nitrogen and oxygen atoms in total. The molecule has 0 aliphatic heterocycles. The van der Waals surface area contributed by atoms with Crippen molar-refractivity contribution in [1.29, 1.82) is 0 Å². The molecule has 1 amide bonds. The largest absolute Gasteiger partial charge is 0.476 e. The van der Waals surface area contributed by atoms with E-state index in [9.17, 15) is 14.7 Å². The number of amides is 1. The van der Waals surface area contributed by atoms with Crippen LogP contribution in [-0.4, -0.2) is 47.4 Å². The molecule has 0 radical (unpaired) electrons. The van der Waals surface area contributed by atoms with E-state index in [1.807, 2.05) is 30.3 Å². The molecule has 0 aliphatic carbocycles. The van der Waals surface area contributed by atoms with Crippen molar-refractivity contribution in [3.8, 4) is 11.4 Å². The molecule has 0 spiro atoms. The van der Waals surface area contributed by atoms with Gasteiger partial charge in [-0.2, -0.15) is 9.90 Å². The number of hydrogen-bond acceptors (Lipinski definition) is 6. The SMILES string of the molecule is O=C(CCCn1nnc(-c2ccccc2)n1)Nc1cccc2[nH]nc(C(=O)O)c12. The molecule has 29 heavy (non-hydrogen) atoms. The van der Waals surface area contributed by atoms with Gasteiger partial charge in [0.05, 0.1) is 23.1 Å². The molecule has 4 aromatic rings. The van der Waals surface area contributed by atoms with E-state index in [1.165, 1.54) is 4.80 Å². The molecule has 2 aromatic carbocycles. The predicted octanol–water partition coefficient (Wildman–Crippen LogP) is 2.33. The van der Waals surface area contributed by atoms with Crippen LogP contribution in [0.2, 0.25) is 0 Å². The zero-order valence-corrected chi connectivity index (χ0v) is 15.2. The number of anilines is 1. The molecular formula is C19H17N7O3. The summed E-state index contributed by atoms with van der Waals surface area (Å²) in [6.07, 6.45) is 0.725. The van der Waals surface area contributed by atoms with E-state index in [-0.39, 0.29) is 18.0 Å². The number of carboxylic acid groups (broad SMARTS) is 1. The monoisotopic (exact) mass is 391 g/mol. The first-order valence-corrected chi connectivity index (χ1v) is 8.95. The fourth-order valence-electron chi connectivity index (χ4n) is 2.97. The topological polar surface area (TPSA) is 139 Å². The van der Waals surface area contributed by atoms with Crippen molar-refractivity contribution < 1.29 is 14.7 Å². The molecule has 4 rings (SSSR count).